The van der Waals surface area contributed by atoms with Gasteiger partial charge in [0.15, 0.2) is 11.5 Å². The molecule has 1 N–H and O–H groups in total. The number of pyridine rings is 1. The Morgan fingerprint density at radius 3 is 2.54 bits per heavy atom. The lowest BCUT2D eigenvalue weighted by Crippen LogP contribution is -2.42. The van der Waals surface area contributed by atoms with Crippen LogP contribution >= 0.6 is 0 Å². The topological polar surface area (TPSA) is 71.9 Å². The largest absolute Gasteiger partial charge is 0.506 e. The number of carbonyl (C=O) groups is 1. The highest BCUT2D eigenvalue weighted by atomic mass is 16.5. The van der Waals surface area contributed by atoms with E-state index in [1.807, 2.05) is 36.4 Å². The van der Waals surface area contributed by atoms with Gasteiger partial charge < -0.3 is 19.5 Å². The number of hydrogen-bond acceptors (Lipinski definition) is 5. The van der Waals surface area contributed by atoms with Gasteiger partial charge in [0.1, 0.15) is 23.1 Å². The highest BCUT2D eigenvalue weighted by Crippen LogP contribution is 2.29. The summed E-state index contributed by atoms with van der Waals surface area (Å²) in [5, 5.41) is 10.8. The van der Waals surface area contributed by atoms with Crippen molar-refractivity contribution in [3.05, 3.63) is 60.3 Å². The molecule has 6 nitrogen and oxygen atoms in total. The molecule has 1 amide bonds. The second-order valence-electron chi connectivity index (χ2n) is 6.81. The van der Waals surface area contributed by atoms with Crippen LogP contribution in [0.15, 0.2) is 54.6 Å². The fourth-order valence-corrected chi connectivity index (χ4v) is 3.48. The molecule has 0 unspecified atom stereocenters. The number of rotatable bonds is 4. The summed E-state index contributed by atoms with van der Waals surface area (Å²) >= 11 is 0. The number of hydrogen-bond donors (Lipinski definition) is 1. The summed E-state index contributed by atoms with van der Waals surface area (Å²) < 4.78 is 11.4. The maximum Gasteiger partial charge on any atom is 0.272 e. The average molecular weight is 378 g/mol. The number of phenols is 1. The number of aromatic hydroxyl groups is 1. The van der Waals surface area contributed by atoms with Crippen LogP contribution in [0.4, 0.5) is 0 Å². The smallest absolute Gasteiger partial charge is 0.272 e. The zero-order valence-electron chi connectivity index (χ0n) is 15.7. The van der Waals surface area contributed by atoms with E-state index in [-0.39, 0.29) is 17.8 Å². The molecule has 0 spiro atoms. The molecule has 0 radical (unpaired) electrons. The van der Waals surface area contributed by atoms with E-state index in [9.17, 15) is 9.90 Å². The number of carbonyl (C=O) groups excluding carboxylic acids is 1. The van der Waals surface area contributed by atoms with E-state index in [4.69, 9.17) is 9.47 Å². The molecule has 1 saturated heterocycles. The van der Waals surface area contributed by atoms with Crippen molar-refractivity contribution in [1.29, 1.82) is 0 Å². The number of fused-ring (bicyclic) bond motifs is 1. The standard InChI is InChI=1S/C22H22N2O4/c1-27-19-7-2-3-8-20(19)28-16-11-13-24(14-12-16)22(26)17-10-9-15-5-4-6-18(25)21(15)23-17/h2-10,16,25H,11-14H2,1H3. The predicted octanol–water partition coefficient (Wildman–Crippen LogP) is 3.63. The first-order valence-electron chi connectivity index (χ1n) is 9.33. The number of methoxy groups -OCH3 is 1. The number of nitrogens with zero attached hydrogens (tertiary/aromatic N) is 2. The van der Waals surface area contributed by atoms with E-state index in [2.05, 4.69) is 4.98 Å². The molecule has 144 valence electrons. The van der Waals surface area contributed by atoms with Crippen molar-refractivity contribution in [2.24, 2.45) is 0 Å². The van der Waals surface area contributed by atoms with Crippen LogP contribution in [0, 0.1) is 0 Å². The molecule has 2 aromatic carbocycles. The number of amides is 1. The molecule has 2 heterocycles. The van der Waals surface area contributed by atoms with Crippen LogP contribution in [-0.2, 0) is 0 Å². The highest BCUT2D eigenvalue weighted by molar-refractivity contribution is 5.96. The van der Waals surface area contributed by atoms with Crippen LogP contribution in [-0.4, -0.2) is 47.2 Å². The molecule has 0 bridgehead atoms. The Balaban J connectivity index is 1.42. The van der Waals surface area contributed by atoms with E-state index in [1.165, 1.54) is 0 Å². The molecule has 4 rings (SSSR count). The molecule has 3 aromatic rings. The summed E-state index contributed by atoms with van der Waals surface area (Å²) in [5.74, 6) is 1.39. The van der Waals surface area contributed by atoms with E-state index < -0.39 is 0 Å². The number of likely N-dealkylation sites (tertiary alicyclic amines) is 1. The Morgan fingerprint density at radius 1 is 1.04 bits per heavy atom. The highest BCUT2D eigenvalue weighted by Gasteiger charge is 2.26. The zero-order chi connectivity index (χ0) is 19.5. The van der Waals surface area contributed by atoms with Crippen molar-refractivity contribution in [2.75, 3.05) is 20.2 Å². The number of phenolic OH excluding ortho intramolecular Hbond substituents is 1. The number of para-hydroxylation sites is 3. The third-order valence-corrected chi connectivity index (χ3v) is 5.01. The summed E-state index contributed by atoms with van der Waals surface area (Å²) in [4.78, 5) is 19.0. The molecule has 1 fully saturated rings. The van der Waals surface area contributed by atoms with Gasteiger partial charge in [0.25, 0.3) is 5.91 Å². The van der Waals surface area contributed by atoms with Gasteiger partial charge in [-0.15, -0.1) is 0 Å². The maximum absolute atomic E-state index is 12.8. The minimum absolute atomic E-state index is 0.0361. The lowest BCUT2D eigenvalue weighted by atomic mass is 10.1. The van der Waals surface area contributed by atoms with Gasteiger partial charge in [-0.3, -0.25) is 4.79 Å². The van der Waals surface area contributed by atoms with Gasteiger partial charge in [0.05, 0.1) is 7.11 Å². The van der Waals surface area contributed by atoms with Gasteiger partial charge in [-0.25, -0.2) is 4.98 Å². The average Bonchev–Trinajstić information content (AvgIpc) is 2.74. The molecule has 1 aliphatic rings. The minimum Gasteiger partial charge on any atom is -0.506 e. The quantitative estimate of drug-likeness (QED) is 0.751. The van der Waals surface area contributed by atoms with Crippen LogP contribution in [0.25, 0.3) is 10.9 Å². The lowest BCUT2D eigenvalue weighted by Gasteiger charge is -2.32. The van der Waals surface area contributed by atoms with Crippen molar-refractivity contribution in [3.63, 3.8) is 0 Å². The second kappa shape index (κ2) is 7.76. The summed E-state index contributed by atoms with van der Waals surface area (Å²) in [6.45, 7) is 1.19. The zero-order valence-corrected chi connectivity index (χ0v) is 15.7. The summed E-state index contributed by atoms with van der Waals surface area (Å²) in [6, 6.07) is 16.3. The van der Waals surface area contributed by atoms with E-state index in [0.29, 0.717) is 30.0 Å². The molecule has 0 atom stereocenters. The van der Waals surface area contributed by atoms with Gasteiger partial charge in [0.2, 0.25) is 0 Å². The van der Waals surface area contributed by atoms with Crippen LogP contribution in [0.3, 0.4) is 0 Å². The Labute approximate surface area is 163 Å². The maximum atomic E-state index is 12.8. The Kier molecular flexibility index (Phi) is 5.02. The number of piperidine rings is 1. The molecule has 0 saturated carbocycles. The predicted molar refractivity (Wildman–Crippen MR) is 106 cm³/mol. The van der Waals surface area contributed by atoms with E-state index in [1.54, 1.807) is 30.2 Å². The first-order valence-corrected chi connectivity index (χ1v) is 9.33. The van der Waals surface area contributed by atoms with Gasteiger partial charge in [-0.05, 0) is 24.3 Å². The lowest BCUT2D eigenvalue weighted by molar-refractivity contribution is 0.0585. The summed E-state index contributed by atoms with van der Waals surface area (Å²) in [7, 11) is 1.62. The van der Waals surface area contributed by atoms with Crippen molar-refractivity contribution >= 4 is 16.8 Å². The summed E-state index contributed by atoms with van der Waals surface area (Å²) in [5.41, 5.74) is 0.792. The first-order chi connectivity index (χ1) is 13.7. The number of aromatic nitrogens is 1. The van der Waals surface area contributed by atoms with Gasteiger partial charge in [0, 0.05) is 31.3 Å². The number of ether oxygens (including phenoxy) is 2. The van der Waals surface area contributed by atoms with Crippen LogP contribution in [0.1, 0.15) is 23.3 Å². The van der Waals surface area contributed by atoms with Crippen LogP contribution in [0.2, 0.25) is 0 Å². The monoisotopic (exact) mass is 378 g/mol. The Morgan fingerprint density at radius 2 is 1.79 bits per heavy atom. The first kappa shape index (κ1) is 18.1. The van der Waals surface area contributed by atoms with Crippen LogP contribution < -0.4 is 9.47 Å². The third-order valence-electron chi connectivity index (χ3n) is 5.01. The Hall–Kier alpha value is -3.28. The second-order valence-corrected chi connectivity index (χ2v) is 6.81. The van der Waals surface area contributed by atoms with Crippen molar-refractivity contribution in [2.45, 2.75) is 18.9 Å². The SMILES string of the molecule is COc1ccccc1OC1CCN(C(=O)c2ccc3cccc(O)c3n2)CC1. The van der Waals surface area contributed by atoms with Gasteiger partial charge in [-0.1, -0.05) is 30.3 Å². The minimum atomic E-state index is -0.124. The molecule has 28 heavy (non-hydrogen) atoms. The fourth-order valence-electron chi connectivity index (χ4n) is 3.48. The van der Waals surface area contributed by atoms with Crippen molar-refractivity contribution in [1.82, 2.24) is 9.88 Å². The molecule has 1 aliphatic heterocycles. The summed E-state index contributed by atoms with van der Waals surface area (Å²) in [6.07, 6.45) is 1.51. The van der Waals surface area contributed by atoms with Crippen molar-refractivity contribution < 1.29 is 19.4 Å². The van der Waals surface area contributed by atoms with E-state index >= 15 is 0 Å². The molecule has 0 aliphatic carbocycles. The molecular weight excluding hydrogens is 356 g/mol. The molecule has 6 heteroatoms. The molecule has 1 aromatic heterocycles. The normalized spacial score (nSPS) is 14.8. The van der Waals surface area contributed by atoms with Gasteiger partial charge in [-0.2, -0.15) is 0 Å². The van der Waals surface area contributed by atoms with Crippen LogP contribution in [0.5, 0.6) is 17.2 Å². The third kappa shape index (κ3) is 3.58. The number of benzene rings is 2. The van der Waals surface area contributed by atoms with Crippen molar-refractivity contribution in [3.8, 4) is 17.2 Å². The van der Waals surface area contributed by atoms with Gasteiger partial charge >= 0.3 is 0 Å². The van der Waals surface area contributed by atoms with E-state index in [0.717, 1.165) is 24.0 Å². The Bertz CT molecular complexity index is 997. The molecular formula is C22H22N2O4. The fraction of sp³-hybridized carbons (Fsp3) is 0.273.